The number of benzene rings is 2. The Morgan fingerprint density at radius 2 is 1.00 bits per heavy atom. The van der Waals surface area contributed by atoms with Crippen molar-refractivity contribution in [3.05, 3.63) is 46.5 Å². The minimum absolute atomic E-state index is 0.253. The molecule has 12 heteroatoms. The molecule has 0 fully saturated rings. The molecule has 0 spiro atoms. The van der Waals surface area contributed by atoms with Gasteiger partial charge >= 0.3 is 18.5 Å². The highest BCUT2D eigenvalue weighted by Gasteiger charge is 2.71. The van der Waals surface area contributed by atoms with E-state index in [-0.39, 0.29) is 16.8 Å². The number of fused-ring (bicyclic) bond motifs is 1. The molecule has 0 saturated heterocycles. The lowest BCUT2D eigenvalue weighted by Gasteiger charge is -2.34. The maximum absolute atomic E-state index is 13.2. The van der Waals surface area contributed by atoms with E-state index in [1.807, 2.05) is 0 Å². The van der Waals surface area contributed by atoms with Gasteiger partial charge in [0.25, 0.3) is 5.60 Å². The van der Waals surface area contributed by atoms with E-state index in [0.29, 0.717) is 12.1 Å². The molecule has 1 unspecified atom stereocenters. The molecule has 2 aromatic rings. The molecule has 0 aliphatic rings. The number of halogens is 10. The molecule has 0 aromatic heterocycles. The van der Waals surface area contributed by atoms with Crippen LogP contribution in [-0.4, -0.2) is 35.4 Å². The second kappa shape index (κ2) is 6.98. The second-order valence-corrected chi connectivity index (χ2v) is 6.77. The molecule has 168 valence electrons. The molecule has 0 heterocycles. The largest absolute Gasteiger partial charge is 0.430 e. The van der Waals surface area contributed by atoms with Crippen molar-refractivity contribution in [2.45, 2.75) is 43.6 Å². The first-order chi connectivity index (χ1) is 13.3. The summed E-state index contributed by atoms with van der Waals surface area (Å²) in [5.74, 6) is 0. The van der Waals surface area contributed by atoms with Gasteiger partial charge in [-0.05, 0) is 41.3 Å². The molecule has 2 N–H and O–H groups in total. The maximum atomic E-state index is 13.2. The van der Waals surface area contributed by atoms with Crippen LogP contribution in [0.15, 0.2) is 24.3 Å². The van der Waals surface area contributed by atoms with Gasteiger partial charge in [0.15, 0.2) is 0 Å². The fraction of sp³-hybridized carbons (Fsp3) is 0.444. The van der Waals surface area contributed by atoms with Gasteiger partial charge in [-0.1, -0.05) is 24.3 Å². The van der Waals surface area contributed by atoms with Crippen molar-refractivity contribution >= 4 is 10.8 Å². The molecule has 2 aromatic carbocycles. The first-order valence-electron chi connectivity index (χ1n) is 8.09. The molecular formula is C18H14F10O2. The summed E-state index contributed by atoms with van der Waals surface area (Å²) in [4.78, 5) is 0. The highest BCUT2D eigenvalue weighted by molar-refractivity contribution is 5.90. The lowest BCUT2D eigenvalue weighted by molar-refractivity contribution is -0.376. The zero-order valence-electron chi connectivity index (χ0n) is 15.2. The summed E-state index contributed by atoms with van der Waals surface area (Å²) in [6, 6.07) is 2.24. The number of rotatable bonds is 3. The standard InChI is InChI=1S/C18H14F10O2/c1-8-10-4-6-13(15(30,17(23,24)25)18(26,27)28)9(2)11(10)3-5-12(8)14(29,7-19)16(20,21)22/h3-6,29-30H,7H2,1-2H3. The van der Waals surface area contributed by atoms with E-state index >= 15 is 0 Å². The van der Waals surface area contributed by atoms with E-state index in [0.717, 1.165) is 19.9 Å². The van der Waals surface area contributed by atoms with Crippen molar-refractivity contribution < 1.29 is 54.1 Å². The number of hydrogen-bond donors (Lipinski definition) is 2. The minimum atomic E-state index is -6.15. The Balaban J connectivity index is 2.87. The van der Waals surface area contributed by atoms with Crippen LogP contribution in [0.1, 0.15) is 22.3 Å². The number of aliphatic hydroxyl groups is 2. The highest BCUT2D eigenvalue weighted by Crippen LogP contribution is 2.52. The van der Waals surface area contributed by atoms with Crippen molar-refractivity contribution in [2.24, 2.45) is 0 Å². The van der Waals surface area contributed by atoms with E-state index in [1.54, 1.807) is 0 Å². The fourth-order valence-electron chi connectivity index (χ4n) is 3.31. The topological polar surface area (TPSA) is 40.5 Å². The van der Waals surface area contributed by atoms with Crippen LogP contribution in [0, 0.1) is 13.8 Å². The summed E-state index contributed by atoms with van der Waals surface area (Å²) < 4.78 is 132. The minimum Gasteiger partial charge on any atom is -0.374 e. The van der Waals surface area contributed by atoms with Gasteiger partial charge in [0.2, 0.25) is 5.60 Å². The quantitative estimate of drug-likeness (QED) is 0.605. The predicted octanol–water partition coefficient (Wildman–Crippen LogP) is 5.49. The van der Waals surface area contributed by atoms with Crippen molar-refractivity contribution in [1.82, 2.24) is 0 Å². The number of aryl methyl sites for hydroxylation is 2. The smallest absolute Gasteiger partial charge is 0.374 e. The van der Waals surface area contributed by atoms with E-state index < -0.39 is 58.7 Å². The van der Waals surface area contributed by atoms with Crippen LogP contribution < -0.4 is 0 Å². The molecule has 0 bridgehead atoms. The molecule has 0 saturated carbocycles. The van der Waals surface area contributed by atoms with Gasteiger partial charge in [-0.2, -0.15) is 39.5 Å². The van der Waals surface area contributed by atoms with Crippen molar-refractivity contribution in [3.63, 3.8) is 0 Å². The van der Waals surface area contributed by atoms with Crippen LogP contribution in [0.25, 0.3) is 10.8 Å². The van der Waals surface area contributed by atoms with Gasteiger partial charge < -0.3 is 10.2 Å². The van der Waals surface area contributed by atoms with Crippen LogP contribution in [0.2, 0.25) is 0 Å². The lowest BCUT2D eigenvalue weighted by Crippen LogP contribution is -2.54. The SMILES string of the molecule is Cc1c(C(O)(CF)C(F)(F)F)ccc2c(C)c(C(O)(C(F)(F)F)C(F)(F)F)ccc12. The third-order valence-corrected chi connectivity index (χ3v) is 5.06. The predicted molar refractivity (Wildman–Crippen MR) is 85.4 cm³/mol. The van der Waals surface area contributed by atoms with Gasteiger partial charge in [-0.25, -0.2) is 4.39 Å². The van der Waals surface area contributed by atoms with Crippen molar-refractivity contribution in [3.8, 4) is 0 Å². The van der Waals surface area contributed by atoms with Gasteiger partial charge in [0.1, 0.15) is 6.67 Å². The summed E-state index contributed by atoms with van der Waals surface area (Å²) in [5.41, 5.74) is -12.7. The summed E-state index contributed by atoms with van der Waals surface area (Å²) in [5, 5.41) is 18.8. The van der Waals surface area contributed by atoms with Gasteiger partial charge in [0, 0.05) is 5.56 Å². The van der Waals surface area contributed by atoms with Crippen molar-refractivity contribution in [1.29, 1.82) is 0 Å². The zero-order valence-corrected chi connectivity index (χ0v) is 15.2. The van der Waals surface area contributed by atoms with E-state index in [9.17, 15) is 54.1 Å². The van der Waals surface area contributed by atoms with Crippen LogP contribution in [0.4, 0.5) is 43.9 Å². The van der Waals surface area contributed by atoms with Crippen molar-refractivity contribution in [2.75, 3.05) is 6.67 Å². The number of hydrogen-bond acceptors (Lipinski definition) is 2. The molecular weight excluding hydrogens is 438 g/mol. The summed E-state index contributed by atoms with van der Waals surface area (Å²) in [6.45, 7) is -0.436. The molecule has 1 atom stereocenters. The molecule has 0 aliphatic heterocycles. The number of alkyl halides is 10. The first-order valence-corrected chi connectivity index (χ1v) is 8.09. The fourth-order valence-corrected chi connectivity index (χ4v) is 3.31. The maximum Gasteiger partial charge on any atom is 0.430 e. The third-order valence-electron chi connectivity index (χ3n) is 5.06. The summed E-state index contributed by atoms with van der Waals surface area (Å²) in [7, 11) is 0. The summed E-state index contributed by atoms with van der Waals surface area (Å²) in [6.07, 6.45) is -17.7. The van der Waals surface area contributed by atoms with Gasteiger partial charge in [-0.3, -0.25) is 0 Å². The first kappa shape index (κ1) is 24.2. The van der Waals surface area contributed by atoms with E-state index in [2.05, 4.69) is 0 Å². The van der Waals surface area contributed by atoms with E-state index in [4.69, 9.17) is 0 Å². The monoisotopic (exact) mass is 452 g/mol. The Hall–Kier alpha value is -2.08. The van der Waals surface area contributed by atoms with Crippen LogP contribution in [0.5, 0.6) is 0 Å². The molecule has 30 heavy (non-hydrogen) atoms. The molecule has 0 radical (unpaired) electrons. The Morgan fingerprint density at radius 3 is 1.33 bits per heavy atom. The highest BCUT2D eigenvalue weighted by atomic mass is 19.4. The van der Waals surface area contributed by atoms with E-state index in [1.165, 1.54) is 0 Å². The van der Waals surface area contributed by atoms with Crippen LogP contribution >= 0.6 is 0 Å². The van der Waals surface area contributed by atoms with Crippen LogP contribution in [0.3, 0.4) is 0 Å². The molecule has 2 rings (SSSR count). The Bertz CT molecular complexity index is 945. The second-order valence-electron chi connectivity index (χ2n) is 6.77. The Kier molecular flexibility index (Phi) is 5.62. The average Bonchev–Trinajstić information content (AvgIpc) is 2.58. The lowest BCUT2D eigenvalue weighted by atomic mass is 9.82. The Morgan fingerprint density at radius 1 is 0.633 bits per heavy atom. The average molecular weight is 452 g/mol. The summed E-state index contributed by atoms with van der Waals surface area (Å²) >= 11 is 0. The molecule has 0 aliphatic carbocycles. The molecule has 2 nitrogen and oxygen atoms in total. The Labute approximate surface area is 162 Å². The third kappa shape index (κ3) is 3.29. The van der Waals surface area contributed by atoms with Gasteiger partial charge in [-0.15, -0.1) is 0 Å². The zero-order chi connectivity index (χ0) is 23.5. The van der Waals surface area contributed by atoms with Crippen LogP contribution in [-0.2, 0) is 11.2 Å². The normalized spacial score (nSPS) is 16.1. The van der Waals surface area contributed by atoms with Gasteiger partial charge in [0.05, 0.1) is 0 Å². The molecule has 0 amide bonds.